The van der Waals surface area contributed by atoms with Crippen molar-refractivity contribution in [1.82, 2.24) is 0 Å². The van der Waals surface area contributed by atoms with Gasteiger partial charge in [0.05, 0.1) is 18.3 Å². The molecule has 0 aromatic heterocycles. The molecule has 108 valence electrons. The smallest absolute Gasteiger partial charge is 0.493 e. The van der Waals surface area contributed by atoms with E-state index in [1.165, 1.54) is 5.56 Å². The molecule has 0 spiro atoms. The first-order chi connectivity index (χ1) is 9.47. The first kappa shape index (κ1) is 14.0. The van der Waals surface area contributed by atoms with E-state index in [0.29, 0.717) is 5.92 Å². The Hall–Kier alpha value is -0.995. The van der Waals surface area contributed by atoms with Crippen molar-refractivity contribution >= 4 is 12.6 Å². The summed E-state index contributed by atoms with van der Waals surface area (Å²) in [7, 11) is -0.260. The SMILES string of the molecule is CC(C)C1OB(c2ccc3c(c2)CCCO3)OC1(C)C. The van der Waals surface area contributed by atoms with Gasteiger partial charge in [0.2, 0.25) is 0 Å². The molecule has 0 aliphatic carbocycles. The summed E-state index contributed by atoms with van der Waals surface area (Å²) < 4.78 is 17.9. The van der Waals surface area contributed by atoms with Gasteiger partial charge in [-0.3, -0.25) is 0 Å². The Morgan fingerprint density at radius 3 is 2.80 bits per heavy atom. The molecule has 1 atom stereocenters. The van der Waals surface area contributed by atoms with Crippen LogP contribution in [0.5, 0.6) is 5.75 Å². The van der Waals surface area contributed by atoms with Crippen molar-refractivity contribution in [1.29, 1.82) is 0 Å². The van der Waals surface area contributed by atoms with Gasteiger partial charge in [-0.05, 0) is 49.7 Å². The van der Waals surface area contributed by atoms with Crippen LogP contribution in [0.3, 0.4) is 0 Å². The third-order valence-corrected chi connectivity index (χ3v) is 4.18. The molecule has 1 saturated heterocycles. The lowest BCUT2D eigenvalue weighted by Gasteiger charge is -2.28. The van der Waals surface area contributed by atoms with Crippen LogP contribution in [0.15, 0.2) is 18.2 Å². The Morgan fingerprint density at radius 1 is 1.30 bits per heavy atom. The highest BCUT2D eigenvalue weighted by Crippen LogP contribution is 2.32. The number of rotatable bonds is 2. The fourth-order valence-electron chi connectivity index (χ4n) is 3.30. The molecule has 3 rings (SSSR count). The van der Waals surface area contributed by atoms with Crippen LogP contribution in [-0.2, 0) is 15.7 Å². The zero-order valence-corrected chi connectivity index (χ0v) is 12.8. The molecular weight excluding hydrogens is 251 g/mol. The van der Waals surface area contributed by atoms with Gasteiger partial charge in [0.15, 0.2) is 0 Å². The summed E-state index contributed by atoms with van der Waals surface area (Å²) in [5.74, 6) is 1.45. The fourth-order valence-corrected chi connectivity index (χ4v) is 3.30. The van der Waals surface area contributed by atoms with Gasteiger partial charge in [-0.2, -0.15) is 0 Å². The number of benzene rings is 1. The Morgan fingerprint density at radius 2 is 2.10 bits per heavy atom. The van der Waals surface area contributed by atoms with E-state index < -0.39 is 0 Å². The molecule has 2 heterocycles. The lowest BCUT2D eigenvalue weighted by atomic mass is 9.78. The zero-order valence-electron chi connectivity index (χ0n) is 12.8. The molecular formula is C16H23BO3. The molecule has 1 unspecified atom stereocenters. The fraction of sp³-hybridized carbons (Fsp3) is 0.625. The first-order valence-corrected chi connectivity index (χ1v) is 7.56. The second kappa shape index (κ2) is 5.08. The number of hydrogen-bond donors (Lipinski definition) is 0. The average Bonchev–Trinajstić information content (AvgIpc) is 2.74. The highest BCUT2D eigenvalue weighted by atomic mass is 16.7. The van der Waals surface area contributed by atoms with Crippen molar-refractivity contribution in [3.63, 3.8) is 0 Å². The van der Waals surface area contributed by atoms with Crippen LogP contribution in [0.1, 0.15) is 39.7 Å². The summed E-state index contributed by atoms with van der Waals surface area (Å²) in [4.78, 5) is 0. The van der Waals surface area contributed by atoms with Gasteiger partial charge in [0.1, 0.15) is 5.75 Å². The van der Waals surface area contributed by atoms with Crippen molar-refractivity contribution in [3.05, 3.63) is 23.8 Å². The summed E-state index contributed by atoms with van der Waals surface area (Å²) in [6.07, 6.45) is 2.29. The molecule has 0 radical (unpaired) electrons. The standard InChI is InChI=1S/C16H23BO3/c1-11(2)15-16(3,4)20-17(19-15)13-7-8-14-12(10-13)6-5-9-18-14/h7-8,10-11,15H,5-6,9H2,1-4H3. The van der Waals surface area contributed by atoms with Crippen LogP contribution in [0, 0.1) is 5.92 Å². The number of hydrogen-bond acceptors (Lipinski definition) is 3. The predicted octanol–water partition coefficient (Wildman–Crippen LogP) is 2.56. The monoisotopic (exact) mass is 274 g/mol. The van der Waals surface area contributed by atoms with E-state index >= 15 is 0 Å². The molecule has 0 bridgehead atoms. The summed E-state index contributed by atoms with van der Waals surface area (Å²) in [6, 6.07) is 6.29. The van der Waals surface area contributed by atoms with Crippen molar-refractivity contribution in [2.45, 2.75) is 52.2 Å². The van der Waals surface area contributed by atoms with Crippen molar-refractivity contribution < 1.29 is 14.0 Å². The lowest BCUT2D eigenvalue weighted by Crippen LogP contribution is -2.37. The highest BCUT2D eigenvalue weighted by molar-refractivity contribution is 6.62. The molecule has 4 heteroatoms. The second-order valence-corrected chi connectivity index (χ2v) is 6.67. The molecule has 2 aliphatic heterocycles. The van der Waals surface area contributed by atoms with Gasteiger partial charge in [-0.15, -0.1) is 0 Å². The van der Waals surface area contributed by atoms with Gasteiger partial charge in [-0.1, -0.05) is 26.0 Å². The maximum Gasteiger partial charge on any atom is 0.494 e. The second-order valence-electron chi connectivity index (χ2n) is 6.67. The summed E-state index contributed by atoms with van der Waals surface area (Å²) in [5.41, 5.74) is 2.13. The maximum absolute atomic E-state index is 6.15. The molecule has 1 aromatic rings. The van der Waals surface area contributed by atoms with E-state index in [9.17, 15) is 0 Å². The van der Waals surface area contributed by atoms with E-state index in [1.54, 1.807) is 0 Å². The van der Waals surface area contributed by atoms with Gasteiger partial charge in [0, 0.05) is 0 Å². The summed E-state index contributed by atoms with van der Waals surface area (Å²) in [6.45, 7) is 9.40. The van der Waals surface area contributed by atoms with Gasteiger partial charge in [-0.25, -0.2) is 0 Å². The highest BCUT2D eigenvalue weighted by Gasteiger charge is 2.47. The van der Waals surface area contributed by atoms with E-state index in [2.05, 4.69) is 39.8 Å². The Bertz CT molecular complexity index is 498. The van der Waals surface area contributed by atoms with Crippen LogP contribution >= 0.6 is 0 Å². The lowest BCUT2D eigenvalue weighted by molar-refractivity contribution is 0.0438. The Balaban J connectivity index is 1.84. The molecule has 0 N–H and O–H groups in total. The van der Waals surface area contributed by atoms with Crippen LogP contribution in [-0.4, -0.2) is 25.4 Å². The van der Waals surface area contributed by atoms with Gasteiger partial charge in [0.25, 0.3) is 0 Å². The van der Waals surface area contributed by atoms with Gasteiger partial charge < -0.3 is 14.0 Å². The summed E-state index contributed by atoms with van der Waals surface area (Å²) >= 11 is 0. The number of ether oxygens (including phenoxy) is 1. The van der Waals surface area contributed by atoms with Crippen molar-refractivity contribution in [3.8, 4) is 5.75 Å². The van der Waals surface area contributed by atoms with Gasteiger partial charge >= 0.3 is 7.12 Å². The number of fused-ring (bicyclic) bond motifs is 1. The zero-order chi connectivity index (χ0) is 14.3. The van der Waals surface area contributed by atoms with Crippen molar-refractivity contribution in [2.24, 2.45) is 5.92 Å². The van der Waals surface area contributed by atoms with Crippen LogP contribution in [0.4, 0.5) is 0 Å². The minimum absolute atomic E-state index is 0.125. The minimum atomic E-state index is -0.260. The van der Waals surface area contributed by atoms with E-state index in [0.717, 1.165) is 30.7 Å². The van der Waals surface area contributed by atoms with E-state index in [1.807, 2.05) is 6.07 Å². The normalized spacial score (nSPS) is 24.6. The average molecular weight is 274 g/mol. The molecule has 0 amide bonds. The number of aryl methyl sites for hydroxylation is 1. The van der Waals surface area contributed by atoms with Crippen LogP contribution in [0.25, 0.3) is 0 Å². The molecule has 20 heavy (non-hydrogen) atoms. The molecule has 0 saturated carbocycles. The molecule has 2 aliphatic rings. The third kappa shape index (κ3) is 2.47. The molecule has 1 aromatic carbocycles. The maximum atomic E-state index is 6.15. The Labute approximate surface area is 121 Å². The topological polar surface area (TPSA) is 27.7 Å². The Kier molecular flexibility index (Phi) is 3.55. The van der Waals surface area contributed by atoms with Crippen LogP contribution in [0.2, 0.25) is 0 Å². The molecule has 3 nitrogen and oxygen atoms in total. The van der Waals surface area contributed by atoms with E-state index in [4.69, 9.17) is 14.0 Å². The summed E-state index contributed by atoms with van der Waals surface area (Å²) in [5, 5.41) is 0. The molecule has 1 fully saturated rings. The first-order valence-electron chi connectivity index (χ1n) is 7.56. The van der Waals surface area contributed by atoms with E-state index in [-0.39, 0.29) is 18.8 Å². The quantitative estimate of drug-likeness (QED) is 0.776. The largest absolute Gasteiger partial charge is 0.494 e. The minimum Gasteiger partial charge on any atom is -0.493 e. The third-order valence-electron chi connectivity index (χ3n) is 4.18. The predicted molar refractivity (Wildman–Crippen MR) is 80.5 cm³/mol. The van der Waals surface area contributed by atoms with Crippen LogP contribution < -0.4 is 10.2 Å². The van der Waals surface area contributed by atoms with Crippen molar-refractivity contribution in [2.75, 3.05) is 6.61 Å².